The second-order valence-corrected chi connectivity index (χ2v) is 9.69. The number of benzene rings is 3. The van der Waals surface area contributed by atoms with Crippen LogP contribution in [-0.2, 0) is 10.0 Å². The van der Waals surface area contributed by atoms with Gasteiger partial charge in [-0.3, -0.25) is 9.10 Å². The van der Waals surface area contributed by atoms with E-state index in [-0.39, 0.29) is 10.8 Å². The number of carbonyl (C=O) groups is 1. The molecule has 3 rings (SSSR count). The number of hydrogen-bond acceptors (Lipinski definition) is 4. The standard InChI is InChI=1S/C24H25BrN2O4S/c1-3-16-31-23-15-10-18(17-22(23)25)24(28)26-19-11-13-21(14-12-19)32(29,30)27(4-2)20-8-6-5-7-9-20/h5-15,17H,3-4,16H2,1-2H3,(H,26,28). The summed E-state index contributed by atoms with van der Waals surface area (Å²) in [4.78, 5) is 12.8. The third kappa shape index (κ3) is 5.49. The van der Waals surface area contributed by atoms with E-state index in [1.807, 2.05) is 13.0 Å². The number of anilines is 2. The number of hydrogen-bond donors (Lipinski definition) is 1. The number of rotatable bonds is 9. The van der Waals surface area contributed by atoms with Gasteiger partial charge in [-0.1, -0.05) is 25.1 Å². The van der Waals surface area contributed by atoms with Crippen LogP contribution in [0.2, 0.25) is 0 Å². The lowest BCUT2D eigenvalue weighted by atomic mass is 10.2. The fourth-order valence-corrected chi connectivity index (χ4v) is 5.06. The lowest BCUT2D eigenvalue weighted by Gasteiger charge is -2.23. The van der Waals surface area contributed by atoms with Gasteiger partial charge in [0.1, 0.15) is 5.75 Å². The summed E-state index contributed by atoms with van der Waals surface area (Å²) in [6, 6.07) is 20.2. The van der Waals surface area contributed by atoms with Crippen LogP contribution in [0.5, 0.6) is 5.75 Å². The molecule has 0 aliphatic heterocycles. The molecule has 0 spiro atoms. The number of para-hydroxylation sites is 1. The van der Waals surface area contributed by atoms with Gasteiger partial charge in [0.15, 0.2) is 0 Å². The molecule has 0 aromatic heterocycles. The Morgan fingerprint density at radius 1 is 1.00 bits per heavy atom. The predicted molar refractivity (Wildman–Crippen MR) is 131 cm³/mol. The van der Waals surface area contributed by atoms with E-state index in [0.717, 1.165) is 6.42 Å². The summed E-state index contributed by atoms with van der Waals surface area (Å²) in [5.41, 5.74) is 1.56. The molecule has 0 aliphatic carbocycles. The molecule has 0 aliphatic rings. The molecular weight excluding hydrogens is 492 g/mol. The number of carbonyl (C=O) groups excluding carboxylic acids is 1. The molecule has 1 N–H and O–H groups in total. The van der Waals surface area contributed by atoms with Crippen molar-refractivity contribution in [3.63, 3.8) is 0 Å². The predicted octanol–water partition coefficient (Wildman–Crippen LogP) is 5.71. The minimum atomic E-state index is -3.72. The molecule has 0 heterocycles. The summed E-state index contributed by atoms with van der Waals surface area (Å²) in [6.07, 6.45) is 0.891. The lowest BCUT2D eigenvalue weighted by molar-refractivity contribution is 0.102. The molecule has 1 amide bonds. The molecule has 0 bridgehead atoms. The summed E-state index contributed by atoms with van der Waals surface area (Å²) in [6.45, 7) is 4.71. The maximum absolute atomic E-state index is 13.1. The zero-order chi connectivity index (χ0) is 23.1. The summed E-state index contributed by atoms with van der Waals surface area (Å²) in [7, 11) is -3.72. The van der Waals surface area contributed by atoms with E-state index < -0.39 is 10.0 Å². The van der Waals surface area contributed by atoms with Crippen molar-refractivity contribution in [2.24, 2.45) is 0 Å². The molecule has 0 unspecified atom stereocenters. The fourth-order valence-electron chi connectivity index (χ4n) is 3.10. The Labute approximate surface area is 197 Å². The van der Waals surface area contributed by atoms with E-state index in [1.54, 1.807) is 61.5 Å². The Hall–Kier alpha value is -2.84. The Morgan fingerprint density at radius 3 is 2.28 bits per heavy atom. The van der Waals surface area contributed by atoms with Gasteiger partial charge in [0.05, 0.1) is 21.7 Å². The van der Waals surface area contributed by atoms with Crippen molar-refractivity contribution in [1.82, 2.24) is 0 Å². The molecule has 0 saturated carbocycles. The Kier molecular flexibility index (Phi) is 7.93. The van der Waals surface area contributed by atoms with Crippen LogP contribution >= 0.6 is 15.9 Å². The molecule has 6 nitrogen and oxygen atoms in total. The van der Waals surface area contributed by atoms with Crippen molar-refractivity contribution in [3.8, 4) is 5.75 Å². The highest BCUT2D eigenvalue weighted by Crippen LogP contribution is 2.27. The van der Waals surface area contributed by atoms with Gasteiger partial charge >= 0.3 is 0 Å². The average molecular weight is 517 g/mol. The molecule has 3 aromatic rings. The second kappa shape index (κ2) is 10.7. The van der Waals surface area contributed by atoms with E-state index in [2.05, 4.69) is 21.2 Å². The number of amides is 1. The molecule has 0 saturated heterocycles. The van der Waals surface area contributed by atoms with Crippen LogP contribution in [0.4, 0.5) is 11.4 Å². The minimum absolute atomic E-state index is 0.154. The molecule has 0 radical (unpaired) electrons. The maximum Gasteiger partial charge on any atom is 0.264 e. The Bertz CT molecular complexity index is 1170. The summed E-state index contributed by atoms with van der Waals surface area (Å²) in [5.74, 6) is 0.375. The van der Waals surface area contributed by atoms with Crippen LogP contribution in [0.25, 0.3) is 0 Å². The highest BCUT2D eigenvalue weighted by molar-refractivity contribution is 9.10. The molecule has 3 aromatic carbocycles. The molecular formula is C24H25BrN2O4S. The molecule has 0 fully saturated rings. The van der Waals surface area contributed by atoms with Gasteiger partial charge < -0.3 is 10.1 Å². The highest BCUT2D eigenvalue weighted by atomic mass is 79.9. The van der Waals surface area contributed by atoms with E-state index in [4.69, 9.17) is 4.74 Å². The molecule has 0 atom stereocenters. The van der Waals surface area contributed by atoms with Crippen molar-refractivity contribution in [1.29, 1.82) is 0 Å². The minimum Gasteiger partial charge on any atom is -0.492 e. The number of sulfonamides is 1. The number of ether oxygens (including phenoxy) is 1. The van der Waals surface area contributed by atoms with Gasteiger partial charge in [-0.2, -0.15) is 0 Å². The van der Waals surface area contributed by atoms with Gasteiger partial charge in [-0.15, -0.1) is 0 Å². The summed E-state index contributed by atoms with van der Waals surface area (Å²) >= 11 is 3.43. The summed E-state index contributed by atoms with van der Waals surface area (Å²) < 4.78 is 33.8. The molecule has 168 valence electrons. The third-order valence-electron chi connectivity index (χ3n) is 4.69. The van der Waals surface area contributed by atoms with Crippen LogP contribution in [0.3, 0.4) is 0 Å². The monoisotopic (exact) mass is 516 g/mol. The van der Waals surface area contributed by atoms with Crippen molar-refractivity contribution < 1.29 is 17.9 Å². The Morgan fingerprint density at radius 2 is 1.69 bits per heavy atom. The van der Waals surface area contributed by atoms with E-state index >= 15 is 0 Å². The van der Waals surface area contributed by atoms with E-state index in [9.17, 15) is 13.2 Å². The van der Waals surface area contributed by atoms with Crippen molar-refractivity contribution in [2.45, 2.75) is 25.2 Å². The van der Waals surface area contributed by atoms with Crippen LogP contribution in [0.15, 0.2) is 82.2 Å². The van der Waals surface area contributed by atoms with Gasteiger partial charge in [-0.05, 0) is 83.9 Å². The smallest absolute Gasteiger partial charge is 0.264 e. The first-order valence-electron chi connectivity index (χ1n) is 10.3. The zero-order valence-electron chi connectivity index (χ0n) is 17.9. The molecule has 32 heavy (non-hydrogen) atoms. The van der Waals surface area contributed by atoms with Crippen molar-refractivity contribution >= 4 is 43.2 Å². The van der Waals surface area contributed by atoms with Gasteiger partial charge in [-0.25, -0.2) is 8.42 Å². The largest absolute Gasteiger partial charge is 0.492 e. The average Bonchev–Trinajstić information content (AvgIpc) is 2.79. The van der Waals surface area contributed by atoms with Gasteiger partial charge in [0.2, 0.25) is 0 Å². The normalized spacial score (nSPS) is 11.1. The third-order valence-corrected chi connectivity index (χ3v) is 7.22. The first-order chi connectivity index (χ1) is 15.4. The number of halogens is 1. The number of nitrogens with zero attached hydrogens (tertiary/aromatic N) is 1. The van der Waals surface area contributed by atoms with Gasteiger partial charge in [0.25, 0.3) is 15.9 Å². The quantitative estimate of drug-likeness (QED) is 0.395. The van der Waals surface area contributed by atoms with Crippen LogP contribution < -0.4 is 14.4 Å². The lowest BCUT2D eigenvalue weighted by Crippen LogP contribution is -2.30. The first kappa shape index (κ1) is 23.8. The van der Waals surface area contributed by atoms with E-state index in [1.165, 1.54) is 16.4 Å². The fraction of sp³-hybridized carbons (Fsp3) is 0.208. The number of nitrogens with one attached hydrogen (secondary N) is 1. The zero-order valence-corrected chi connectivity index (χ0v) is 20.3. The SMILES string of the molecule is CCCOc1ccc(C(=O)Nc2ccc(S(=O)(=O)N(CC)c3ccccc3)cc2)cc1Br. The topological polar surface area (TPSA) is 75.7 Å². The highest BCUT2D eigenvalue weighted by Gasteiger charge is 2.23. The van der Waals surface area contributed by atoms with Crippen LogP contribution in [0.1, 0.15) is 30.6 Å². The van der Waals surface area contributed by atoms with Crippen molar-refractivity contribution in [3.05, 3.63) is 82.8 Å². The van der Waals surface area contributed by atoms with Crippen LogP contribution in [0, 0.1) is 0 Å². The van der Waals surface area contributed by atoms with Gasteiger partial charge in [0, 0.05) is 17.8 Å². The second-order valence-electron chi connectivity index (χ2n) is 6.98. The first-order valence-corrected chi connectivity index (χ1v) is 12.5. The summed E-state index contributed by atoms with van der Waals surface area (Å²) in [5, 5.41) is 2.79. The Balaban J connectivity index is 1.74. The molecule has 8 heteroatoms. The maximum atomic E-state index is 13.1. The van der Waals surface area contributed by atoms with Crippen LogP contribution in [-0.4, -0.2) is 27.5 Å². The van der Waals surface area contributed by atoms with Crippen molar-refractivity contribution in [2.75, 3.05) is 22.8 Å². The van der Waals surface area contributed by atoms with E-state index in [0.29, 0.717) is 40.3 Å².